The smallest absolute Gasteiger partial charge is 0.271 e. The Bertz CT molecular complexity index is 690. The summed E-state index contributed by atoms with van der Waals surface area (Å²) in [5, 5.41) is 2.85. The van der Waals surface area contributed by atoms with E-state index in [9.17, 15) is 9.59 Å². The van der Waals surface area contributed by atoms with Gasteiger partial charge in [-0.3, -0.25) is 14.7 Å². The van der Waals surface area contributed by atoms with Crippen LogP contribution in [0.5, 0.6) is 0 Å². The normalized spacial score (nSPS) is 11.6. The lowest BCUT2D eigenvalue weighted by Gasteiger charge is -2.22. The first-order valence-corrected chi connectivity index (χ1v) is 6.80. The predicted molar refractivity (Wildman–Crippen MR) is 89.0 cm³/mol. The number of hydrogen-bond donors (Lipinski definition) is 2. The SMILES string of the molecule is Cc1ccc(-n2[nH]c(C(=O)N(C)C(C)CN)cc2=O)cc1.Cl. The molecule has 0 aliphatic rings. The van der Waals surface area contributed by atoms with E-state index in [1.54, 1.807) is 7.05 Å². The summed E-state index contributed by atoms with van der Waals surface area (Å²) in [4.78, 5) is 25.8. The van der Waals surface area contributed by atoms with E-state index < -0.39 is 0 Å². The number of halogens is 1. The molecule has 0 saturated heterocycles. The van der Waals surface area contributed by atoms with Crippen LogP contribution in [-0.2, 0) is 0 Å². The average Bonchev–Trinajstić information content (AvgIpc) is 2.87. The minimum Gasteiger partial charge on any atom is -0.336 e. The number of carbonyl (C=O) groups is 1. The number of rotatable bonds is 4. The fraction of sp³-hybridized carbons (Fsp3) is 0.333. The van der Waals surface area contributed by atoms with Crippen LogP contribution in [0.3, 0.4) is 0 Å². The maximum absolute atomic E-state index is 12.3. The summed E-state index contributed by atoms with van der Waals surface area (Å²) in [6.45, 7) is 4.19. The molecular formula is C15H21ClN4O2. The van der Waals surface area contributed by atoms with Crippen LogP contribution >= 0.6 is 12.4 Å². The van der Waals surface area contributed by atoms with E-state index in [-0.39, 0.29) is 35.6 Å². The Labute approximate surface area is 135 Å². The summed E-state index contributed by atoms with van der Waals surface area (Å²) in [7, 11) is 1.67. The van der Waals surface area contributed by atoms with Gasteiger partial charge in [0.05, 0.1) is 5.69 Å². The monoisotopic (exact) mass is 324 g/mol. The van der Waals surface area contributed by atoms with E-state index in [2.05, 4.69) is 5.10 Å². The highest BCUT2D eigenvalue weighted by Crippen LogP contribution is 2.08. The van der Waals surface area contributed by atoms with Crippen LogP contribution in [0.15, 0.2) is 35.1 Å². The van der Waals surface area contributed by atoms with Gasteiger partial charge in [-0.25, -0.2) is 4.68 Å². The molecular weight excluding hydrogens is 304 g/mol. The molecule has 0 radical (unpaired) electrons. The maximum atomic E-state index is 12.3. The van der Waals surface area contributed by atoms with E-state index >= 15 is 0 Å². The quantitative estimate of drug-likeness (QED) is 0.889. The summed E-state index contributed by atoms with van der Waals surface area (Å²) in [5.41, 5.74) is 7.34. The van der Waals surface area contributed by atoms with Gasteiger partial charge in [0.25, 0.3) is 11.5 Å². The molecule has 0 saturated carbocycles. The van der Waals surface area contributed by atoms with Crippen molar-refractivity contribution in [3.05, 3.63) is 51.9 Å². The van der Waals surface area contributed by atoms with Gasteiger partial charge in [-0.2, -0.15) is 0 Å². The van der Waals surface area contributed by atoms with Gasteiger partial charge in [0.1, 0.15) is 5.69 Å². The molecule has 6 nitrogen and oxygen atoms in total. The van der Waals surface area contributed by atoms with Crippen LogP contribution in [0, 0.1) is 6.92 Å². The molecule has 3 N–H and O–H groups in total. The van der Waals surface area contributed by atoms with Crippen LogP contribution in [0.4, 0.5) is 0 Å². The van der Waals surface area contributed by atoms with Crippen molar-refractivity contribution in [2.24, 2.45) is 5.73 Å². The number of nitrogens with one attached hydrogen (secondary N) is 1. The zero-order valence-corrected chi connectivity index (χ0v) is 13.7. The van der Waals surface area contributed by atoms with E-state index in [0.717, 1.165) is 5.56 Å². The van der Waals surface area contributed by atoms with Gasteiger partial charge < -0.3 is 10.6 Å². The highest BCUT2D eigenvalue weighted by molar-refractivity contribution is 5.92. The lowest BCUT2D eigenvalue weighted by molar-refractivity contribution is 0.0742. The van der Waals surface area contributed by atoms with Crippen molar-refractivity contribution in [1.29, 1.82) is 0 Å². The molecule has 0 aliphatic carbocycles. The average molecular weight is 325 g/mol. The zero-order chi connectivity index (χ0) is 15.6. The second-order valence-electron chi connectivity index (χ2n) is 5.18. The number of hydrogen-bond acceptors (Lipinski definition) is 3. The molecule has 0 aliphatic heterocycles. The molecule has 1 aromatic carbocycles. The summed E-state index contributed by atoms with van der Waals surface area (Å²) in [6, 6.07) is 8.69. The molecule has 0 spiro atoms. The van der Waals surface area contributed by atoms with Crippen LogP contribution in [0.2, 0.25) is 0 Å². The van der Waals surface area contributed by atoms with E-state index in [1.165, 1.54) is 15.6 Å². The number of carbonyl (C=O) groups excluding carboxylic acids is 1. The molecule has 120 valence electrons. The van der Waals surface area contributed by atoms with Gasteiger partial charge in [0, 0.05) is 25.7 Å². The van der Waals surface area contributed by atoms with Crippen molar-refractivity contribution in [2.75, 3.05) is 13.6 Å². The van der Waals surface area contributed by atoms with Gasteiger partial charge >= 0.3 is 0 Å². The van der Waals surface area contributed by atoms with Crippen molar-refractivity contribution in [1.82, 2.24) is 14.7 Å². The second kappa shape index (κ2) is 7.29. The molecule has 1 heterocycles. The first-order valence-electron chi connectivity index (χ1n) is 6.80. The maximum Gasteiger partial charge on any atom is 0.271 e. The largest absolute Gasteiger partial charge is 0.336 e. The van der Waals surface area contributed by atoms with Gasteiger partial charge in [0.2, 0.25) is 0 Å². The summed E-state index contributed by atoms with van der Waals surface area (Å²) in [5.74, 6) is -0.254. The lowest BCUT2D eigenvalue weighted by atomic mass is 10.2. The number of aromatic nitrogens is 2. The minimum absolute atomic E-state index is 0. The third-order valence-electron chi connectivity index (χ3n) is 3.57. The Hall–Kier alpha value is -2.05. The van der Waals surface area contributed by atoms with Crippen LogP contribution < -0.4 is 11.3 Å². The predicted octanol–water partition coefficient (Wildman–Crippen LogP) is 1.32. The van der Waals surface area contributed by atoms with E-state index in [1.807, 2.05) is 38.1 Å². The number of aromatic amines is 1. The topological polar surface area (TPSA) is 84.1 Å². The standard InChI is InChI=1S/C15H20N4O2.ClH/c1-10-4-6-12(7-5-10)19-14(20)8-13(17-19)15(21)18(3)11(2)9-16;/h4-8,11,17H,9,16H2,1-3H3;1H. The second-order valence-corrected chi connectivity index (χ2v) is 5.18. The van der Waals surface area contributed by atoms with Gasteiger partial charge in [0.15, 0.2) is 0 Å². The van der Waals surface area contributed by atoms with Crippen molar-refractivity contribution < 1.29 is 4.79 Å². The minimum atomic E-state index is -0.268. The number of nitrogens with zero attached hydrogens (tertiary/aromatic N) is 2. The Balaban J connectivity index is 0.00000242. The molecule has 2 aromatic rings. The van der Waals surface area contributed by atoms with Gasteiger partial charge in [-0.1, -0.05) is 17.7 Å². The Morgan fingerprint density at radius 3 is 2.50 bits per heavy atom. The molecule has 1 aromatic heterocycles. The third kappa shape index (κ3) is 3.58. The van der Waals surface area contributed by atoms with Gasteiger partial charge in [-0.05, 0) is 26.0 Å². The zero-order valence-electron chi connectivity index (χ0n) is 12.9. The molecule has 2 rings (SSSR count). The van der Waals surface area contributed by atoms with Crippen LogP contribution in [0.1, 0.15) is 23.0 Å². The number of H-pyrrole nitrogens is 1. The van der Waals surface area contributed by atoms with Crippen LogP contribution in [-0.4, -0.2) is 40.2 Å². The highest BCUT2D eigenvalue weighted by Gasteiger charge is 2.19. The first-order chi connectivity index (χ1) is 9.93. The Kier molecular flexibility index (Phi) is 5.96. The number of nitrogens with two attached hydrogens (primary N) is 1. The van der Waals surface area contributed by atoms with Crippen molar-refractivity contribution in [2.45, 2.75) is 19.9 Å². The third-order valence-corrected chi connectivity index (χ3v) is 3.57. The summed E-state index contributed by atoms with van der Waals surface area (Å²) in [6.07, 6.45) is 0. The Morgan fingerprint density at radius 2 is 1.95 bits per heavy atom. The van der Waals surface area contributed by atoms with Crippen molar-refractivity contribution in [3.8, 4) is 5.69 Å². The van der Waals surface area contributed by atoms with Gasteiger partial charge in [-0.15, -0.1) is 12.4 Å². The molecule has 1 amide bonds. The van der Waals surface area contributed by atoms with E-state index in [4.69, 9.17) is 5.73 Å². The molecule has 1 unspecified atom stereocenters. The fourth-order valence-corrected chi connectivity index (χ4v) is 1.94. The Morgan fingerprint density at radius 1 is 1.36 bits per heavy atom. The number of amides is 1. The number of aryl methyl sites for hydroxylation is 1. The lowest BCUT2D eigenvalue weighted by Crippen LogP contribution is -2.39. The molecule has 22 heavy (non-hydrogen) atoms. The number of likely N-dealkylation sites (N-methyl/N-ethyl adjacent to an activating group) is 1. The number of benzene rings is 1. The van der Waals surface area contributed by atoms with Crippen molar-refractivity contribution in [3.63, 3.8) is 0 Å². The molecule has 7 heteroatoms. The van der Waals surface area contributed by atoms with E-state index in [0.29, 0.717) is 12.2 Å². The molecule has 0 fully saturated rings. The molecule has 1 atom stereocenters. The fourth-order valence-electron chi connectivity index (χ4n) is 1.94. The van der Waals surface area contributed by atoms with Crippen LogP contribution in [0.25, 0.3) is 5.69 Å². The van der Waals surface area contributed by atoms with Crippen molar-refractivity contribution >= 4 is 18.3 Å². The molecule has 0 bridgehead atoms. The summed E-state index contributed by atoms with van der Waals surface area (Å²) < 4.78 is 1.35. The first kappa shape index (κ1) is 18.0. The highest BCUT2D eigenvalue weighted by atomic mass is 35.5. The summed E-state index contributed by atoms with van der Waals surface area (Å²) >= 11 is 0.